The lowest BCUT2D eigenvalue weighted by atomic mass is 10.1. The molecule has 0 atom stereocenters. The first-order valence-electron chi connectivity index (χ1n) is 7.06. The summed E-state index contributed by atoms with van der Waals surface area (Å²) in [6, 6.07) is 7.85. The zero-order valence-electron chi connectivity index (χ0n) is 12.7. The number of carbonyl (C=O) groups is 1. The maximum atomic E-state index is 13.6. The van der Waals surface area contributed by atoms with E-state index in [0.29, 0.717) is 29.0 Å². The fourth-order valence-corrected chi connectivity index (χ4v) is 2.10. The maximum absolute atomic E-state index is 13.6. The van der Waals surface area contributed by atoms with Gasteiger partial charge < -0.3 is 10.1 Å². The number of amides is 1. The summed E-state index contributed by atoms with van der Waals surface area (Å²) in [5.74, 6) is -1.91. The van der Waals surface area contributed by atoms with Crippen LogP contribution in [0.2, 0.25) is 5.02 Å². The molecule has 2 aromatic carbocycles. The van der Waals surface area contributed by atoms with Crippen molar-refractivity contribution >= 4 is 23.2 Å². The SMILES string of the molecule is CC(C)COc1ccc(NC(=O)c2c(F)cccc2F)cc1Cl. The molecule has 0 aliphatic heterocycles. The highest BCUT2D eigenvalue weighted by Crippen LogP contribution is 2.28. The summed E-state index contributed by atoms with van der Waals surface area (Å²) in [4.78, 5) is 12.0. The van der Waals surface area contributed by atoms with Gasteiger partial charge in [-0.3, -0.25) is 4.79 Å². The fourth-order valence-electron chi connectivity index (χ4n) is 1.86. The quantitative estimate of drug-likeness (QED) is 0.841. The molecule has 0 radical (unpaired) electrons. The van der Waals surface area contributed by atoms with Crippen LogP contribution in [0.4, 0.5) is 14.5 Å². The Labute approximate surface area is 138 Å². The predicted octanol–water partition coefficient (Wildman–Crippen LogP) is 4.91. The number of hydrogen-bond acceptors (Lipinski definition) is 2. The van der Waals surface area contributed by atoms with Crippen LogP contribution in [0.5, 0.6) is 5.75 Å². The first-order valence-corrected chi connectivity index (χ1v) is 7.44. The van der Waals surface area contributed by atoms with E-state index in [1.54, 1.807) is 12.1 Å². The molecule has 0 aliphatic rings. The molecule has 0 saturated heterocycles. The molecule has 2 aromatic rings. The largest absolute Gasteiger partial charge is 0.492 e. The molecule has 0 bridgehead atoms. The molecule has 1 amide bonds. The Kier molecular flexibility index (Phi) is 5.55. The standard InChI is InChI=1S/C17H16ClF2NO2/c1-10(2)9-23-15-7-6-11(8-12(15)18)21-17(22)16-13(19)4-3-5-14(16)20/h3-8,10H,9H2,1-2H3,(H,21,22). The highest BCUT2D eigenvalue weighted by atomic mass is 35.5. The second-order valence-corrected chi connectivity index (χ2v) is 5.81. The molecular weight excluding hydrogens is 324 g/mol. The third kappa shape index (κ3) is 4.42. The predicted molar refractivity (Wildman–Crippen MR) is 86.1 cm³/mol. The van der Waals surface area contributed by atoms with Gasteiger partial charge in [-0.05, 0) is 36.2 Å². The average molecular weight is 340 g/mol. The molecule has 0 unspecified atom stereocenters. The second-order valence-electron chi connectivity index (χ2n) is 5.40. The number of anilines is 1. The van der Waals surface area contributed by atoms with Gasteiger partial charge in [0.1, 0.15) is 22.9 Å². The third-order valence-electron chi connectivity index (χ3n) is 2.95. The average Bonchev–Trinajstić information content (AvgIpc) is 2.46. The minimum absolute atomic E-state index is 0.303. The van der Waals surface area contributed by atoms with Gasteiger partial charge in [0, 0.05) is 5.69 Å². The van der Waals surface area contributed by atoms with Gasteiger partial charge in [0.15, 0.2) is 0 Å². The van der Waals surface area contributed by atoms with Gasteiger partial charge in [-0.15, -0.1) is 0 Å². The van der Waals surface area contributed by atoms with Gasteiger partial charge in [0.25, 0.3) is 5.91 Å². The van der Waals surface area contributed by atoms with Crippen LogP contribution < -0.4 is 10.1 Å². The third-order valence-corrected chi connectivity index (χ3v) is 3.25. The van der Waals surface area contributed by atoms with Crippen molar-refractivity contribution in [2.45, 2.75) is 13.8 Å². The number of nitrogens with one attached hydrogen (secondary N) is 1. The minimum Gasteiger partial charge on any atom is -0.492 e. The van der Waals surface area contributed by atoms with Crippen LogP contribution in [-0.4, -0.2) is 12.5 Å². The summed E-state index contributed by atoms with van der Waals surface area (Å²) >= 11 is 6.08. The lowest BCUT2D eigenvalue weighted by Gasteiger charge is -2.12. The summed E-state index contributed by atoms with van der Waals surface area (Å²) in [5.41, 5.74) is -0.316. The van der Waals surface area contributed by atoms with Gasteiger partial charge in [-0.2, -0.15) is 0 Å². The molecule has 1 N–H and O–H groups in total. The molecule has 0 aliphatic carbocycles. The van der Waals surface area contributed by atoms with E-state index < -0.39 is 23.1 Å². The van der Waals surface area contributed by atoms with Gasteiger partial charge >= 0.3 is 0 Å². The normalized spacial score (nSPS) is 10.7. The highest BCUT2D eigenvalue weighted by molar-refractivity contribution is 6.32. The van der Waals surface area contributed by atoms with Gasteiger partial charge in [-0.25, -0.2) is 8.78 Å². The van der Waals surface area contributed by atoms with E-state index >= 15 is 0 Å². The van der Waals surface area contributed by atoms with E-state index in [1.807, 2.05) is 13.8 Å². The topological polar surface area (TPSA) is 38.3 Å². The van der Waals surface area contributed by atoms with Crippen LogP contribution in [-0.2, 0) is 0 Å². The van der Waals surface area contributed by atoms with Crippen LogP contribution in [0, 0.1) is 17.6 Å². The van der Waals surface area contributed by atoms with Gasteiger partial charge in [0.2, 0.25) is 0 Å². The van der Waals surface area contributed by atoms with E-state index in [9.17, 15) is 13.6 Å². The van der Waals surface area contributed by atoms with Crippen molar-refractivity contribution in [2.75, 3.05) is 11.9 Å². The Bertz CT molecular complexity index is 699. The van der Waals surface area contributed by atoms with Crippen LogP contribution in [0.25, 0.3) is 0 Å². The molecule has 0 fully saturated rings. The van der Waals surface area contributed by atoms with Crippen molar-refractivity contribution in [3.63, 3.8) is 0 Å². The zero-order chi connectivity index (χ0) is 17.0. The lowest BCUT2D eigenvalue weighted by Crippen LogP contribution is -2.15. The van der Waals surface area contributed by atoms with E-state index in [2.05, 4.69) is 5.32 Å². The molecule has 0 heterocycles. The summed E-state index contributed by atoms with van der Waals surface area (Å²) in [6.45, 7) is 4.52. The van der Waals surface area contributed by atoms with E-state index in [4.69, 9.17) is 16.3 Å². The molecule has 23 heavy (non-hydrogen) atoms. The first kappa shape index (κ1) is 17.2. The second kappa shape index (κ2) is 7.42. The smallest absolute Gasteiger partial charge is 0.261 e. The van der Waals surface area contributed by atoms with E-state index in [1.165, 1.54) is 12.1 Å². The monoisotopic (exact) mass is 339 g/mol. The van der Waals surface area contributed by atoms with E-state index in [0.717, 1.165) is 12.1 Å². The Morgan fingerprint density at radius 1 is 1.22 bits per heavy atom. The van der Waals surface area contributed by atoms with Crippen molar-refractivity contribution < 1.29 is 18.3 Å². The first-order chi connectivity index (χ1) is 10.9. The Morgan fingerprint density at radius 2 is 1.87 bits per heavy atom. The summed E-state index contributed by atoms with van der Waals surface area (Å²) in [5, 5.41) is 2.72. The molecule has 0 saturated carbocycles. The molecule has 2 rings (SSSR count). The maximum Gasteiger partial charge on any atom is 0.261 e. The number of rotatable bonds is 5. The van der Waals surface area contributed by atoms with Crippen molar-refractivity contribution in [1.29, 1.82) is 0 Å². The molecule has 0 spiro atoms. The summed E-state index contributed by atoms with van der Waals surface area (Å²) < 4.78 is 32.7. The fraction of sp³-hybridized carbons (Fsp3) is 0.235. The van der Waals surface area contributed by atoms with Crippen molar-refractivity contribution in [1.82, 2.24) is 0 Å². The molecule has 6 heteroatoms. The number of ether oxygens (including phenoxy) is 1. The summed E-state index contributed by atoms with van der Waals surface area (Å²) in [6.07, 6.45) is 0. The number of benzene rings is 2. The molecule has 0 aromatic heterocycles. The Hall–Kier alpha value is -2.14. The van der Waals surface area contributed by atoms with Gasteiger partial charge in [-0.1, -0.05) is 31.5 Å². The molecule has 122 valence electrons. The van der Waals surface area contributed by atoms with Crippen LogP contribution >= 0.6 is 11.6 Å². The van der Waals surface area contributed by atoms with Crippen molar-refractivity contribution in [3.8, 4) is 5.75 Å². The summed E-state index contributed by atoms with van der Waals surface area (Å²) in [7, 11) is 0. The highest BCUT2D eigenvalue weighted by Gasteiger charge is 2.17. The van der Waals surface area contributed by atoms with Crippen LogP contribution in [0.15, 0.2) is 36.4 Å². The Morgan fingerprint density at radius 3 is 2.43 bits per heavy atom. The van der Waals surface area contributed by atoms with Crippen molar-refractivity contribution in [2.24, 2.45) is 5.92 Å². The number of hydrogen-bond donors (Lipinski definition) is 1. The zero-order valence-corrected chi connectivity index (χ0v) is 13.5. The van der Waals surface area contributed by atoms with Crippen LogP contribution in [0.3, 0.4) is 0 Å². The lowest BCUT2D eigenvalue weighted by molar-refractivity contribution is 0.101. The molecular formula is C17H16ClF2NO2. The Balaban J connectivity index is 2.14. The minimum atomic E-state index is -0.925. The molecule has 3 nitrogen and oxygen atoms in total. The van der Waals surface area contributed by atoms with Crippen LogP contribution in [0.1, 0.15) is 24.2 Å². The van der Waals surface area contributed by atoms with Crippen molar-refractivity contribution in [3.05, 3.63) is 58.6 Å². The van der Waals surface area contributed by atoms with Gasteiger partial charge in [0.05, 0.1) is 11.6 Å². The number of carbonyl (C=O) groups excluding carboxylic acids is 1. The van der Waals surface area contributed by atoms with E-state index in [-0.39, 0.29) is 0 Å². The number of halogens is 3.